The van der Waals surface area contributed by atoms with Crippen LogP contribution in [0, 0.1) is 5.92 Å². The zero-order chi connectivity index (χ0) is 16.8. The molecule has 1 amide bonds. The van der Waals surface area contributed by atoms with Crippen molar-refractivity contribution in [3.8, 4) is 0 Å². The van der Waals surface area contributed by atoms with Gasteiger partial charge in [0.2, 0.25) is 5.91 Å². The van der Waals surface area contributed by atoms with Gasteiger partial charge in [0.1, 0.15) is 0 Å². The van der Waals surface area contributed by atoms with Crippen molar-refractivity contribution in [1.29, 1.82) is 0 Å². The van der Waals surface area contributed by atoms with E-state index in [4.69, 9.17) is 0 Å². The fourth-order valence-corrected chi connectivity index (χ4v) is 3.78. The Labute approximate surface area is 145 Å². The molecule has 2 aromatic carbocycles. The first-order chi connectivity index (χ1) is 11.7. The van der Waals surface area contributed by atoms with Crippen LogP contribution in [0.5, 0.6) is 0 Å². The van der Waals surface area contributed by atoms with Crippen molar-refractivity contribution in [3.63, 3.8) is 0 Å². The molecule has 1 aliphatic rings. The minimum atomic E-state index is 0.117. The molecule has 1 N–H and O–H groups in total. The van der Waals surface area contributed by atoms with Crippen LogP contribution < -0.4 is 5.32 Å². The van der Waals surface area contributed by atoms with Crippen LogP contribution in [0.1, 0.15) is 56.1 Å². The second kappa shape index (κ2) is 8.14. The summed E-state index contributed by atoms with van der Waals surface area (Å²) in [5, 5.41) is 3.30. The lowest BCUT2D eigenvalue weighted by Gasteiger charge is -2.30. The molecular formula is C22H27NO. The third kappa shape index (κ3) is 4.25. The van der Waals surface area contributed by atoms with E-state index in [1.807, 2.05) is 36.4 Å². The molecule has 2 aromatic rings. The SMILES string of the molecule is CC1CCCCC1NC(=O)CC(c1ccccc1)c1ccccc1. The average molecular weight is 321 g/mol. The first-order valence-electron chi connectivity index (χ1n) is 9.13. The second-order valence-corrected chi connectivity index (χ2v) is 7.01. The third-order valence-electron chi connectivity index (χ3n) is 5.25. The van der Waals surface area contributed by atoms with Crippen LogP contribution in [0.15, 0.2) is 60.7 Å². The highest BCUT2D eigenvalue weighted by atomic mass is 16.1. The molecule has 1 saturated carbocycles. The molecule has 0 spiro atoms. The van der Waals surface area contributed by atoms with E-state index in [1.54, 1.807) is 0 Å². The van der Waals surface area contributed by atoms with E-state index in [0.717, 1.165) is 6.42 Å². The molecule has 2 atom stereocenters. The first kappa shape index (κ1) is 16.8. The second-order valence-electron chi connectivity index (χ2n) is 7.01. The largest absolute Gasteiger partial charge is 0.353 e. The number of carbonyl (C=O) groups excluding carboxylic acids is 1. The summed E-state index contributed by atoms with van der Waals surface area (Å²) in [6.07, 6.45) is 5.39. The standard InChI is InChI=1S/C22H27NO/c1-17-10-8-9-15-21(17)23-22(24)16-20(18-11-4-2-5-12-18)19-13-6-3-7-14-19/h2-7,11-14,17,20-21H,8-10,15-16H2,1H3,(H,23,24). The zero-order valence-electron chi connectivity index (χ0n) is 14.4. The maximum atomic E-state index is 12.7. The van der Waals surface area contributed by atoms with Crippen LogP contribution in [0.4, 0.5) is 0 Å². The van der Waals surface area contributed by atoms with Gasteiger partial charge >= 0.3 is 0 Å². The van der Waals surface area contributed by atoms with Crippen LogP contribution in [-0.4, -0.2) is 11.9 Å². The van der Waals surface area contributed by atoms with E-state index in [2.05, 4.69) is 36.5 Å². The van der Waals surface area contributed by atoms with Gasteiger partial charge in [-0.25, -0.2) is 0 Å². The van der Waals surface area contributed by atoms with E-state index in [0.29, 0.717) is 18.4 Å². The molecule has 2 heteroatoms. The molecule has 0 bridgehead atoms. The monoisotopic (exact) mass is 321 g/mol. The molecule has 0 heterocycles. The van der Waals surface area contributed by atoms with Crippen molar-refractivity contribution in [1.82, 2.24) is 5.32 Å². The quantitative estimate of drug-likeness (QED) is 0.833. The van der Waals surface area contributed by atoms with Crippen molar-refractivity contribution < 1.29 is 4.79 Å². The van der Waals surface area contributed by atoms with Crippen LogP contribution in [0.3, 0.4) is 0 Å². The van der Waals surface area contributed by atoms with Crippen LogP contribution in [-0.2, 0) is 4.79 Å². The number of benzene rings is 2. The number of amides is 1. The molecule has 3 rings (SSSR count). The van der Waals surface area contributed by atoms with Crippen molar-refractivity contribution in [2.75, 3.05) is 0 Å². The predicted molar refractivity (Wildman–Crippen MR) is 98.9 cm³/mol. The van der Waals surface area contributed by atoms with Gasteiger partial charge in [-0.05, 0) is 29.9 Å². The lowest BCUT2D eigenvalue weighted by atomic mass is 9.85. The smallest absolute Gasteiger partial charge is 0.221 e. The van der Waals surface area contributed by atoms with Crippen molar-refractivity contribution in [2.24, 2.45) is 5.92 Å². The molecule has 2 nitrogen and oxygen atoms in total. The molecule has 24 heavy (non-hydrogen) atoms. The Morgan fingerprint density at radius 1 is 0.958 bits per heavy atom. The van der Waals surface area contributed by atoms with Gasteiger partial charge in [0.25, 0.3) is 0 Å². The summed E-state index contributed by atoms with van der Waals surface area (Å²) in [6.45, 7) is 2.26. The highest BCUT2D eigenvalue weighted by Crippen LogP contribution is 2.29. The molecule has 0 saturated heterocycles. The Morgan fingerprint density at radius 3 is 2.04 bits per heavy atom. The van der Waals surface area contributed by atoms with Crippen molar-refractivity contribution in [3.05, 3.63) is 71.8 Å². The van der Waals surface area contributed by atoms with Crippen LogP contribution in [0.25, 0.3) is 0 Å². The summed E-state index contributed by atoms with van der Waals surface area (Å²) in [6, 6.07) is 21.1. The van der Waals surface area contributed by atoms with Gasteiger partial charge in [-0.1, -0.05) is 80.4 Å². The van der Waals surface area contributed by atoms with E-state index in [1.165, 1.54) is 30.4 Å². The molecule has 0 aliphatic heterocycles. The van der Waals surface area contributed by atoms with Crippen molar-refractivity contribution >= 4 is 5.91 Å². The Morgan fingerprint density at radius 2 is 1.50 bits per heavy atom. The molecular weight excluding hydrogens is 294 g/mol. The summed E-state index contributed by atoms with van der Waals surface area (Å²) in [5.74, 6) is 0.882. The van der Waals surface area contributed by atoms with Gasteiger partial charge in [-0.2, -0.15) is 0 Å². The number of nitrogens with one attached hydrogen (secondary N) is 1. The summed E-state index contributed by atoms with van der Waals surface area (Å²) in [5.41, 5.74) is 2.41. The van der Waals surface area contributed by atoms with Crippen LogP contribution in [0.2, 0.25) is 0 Å². The normalized spacial score (nSPS) is 20.8. The number of hydrogen-bond acceptors (Lipinski definition) is 1. The topological polar surface area (TPSA) is 29.1 Å². The summed E-state index contributed by atoms with van der Waals surface area (Å²) in [7, 11) is 0. The summed E-state index contributed by atoms with van der Waals surface area (Å²) < 4.78 is 0. The van der Waals surface area contributed by atoms with Gasteiger partial charge in [0.15, 0.2) is 0 Å². The third-order valence-corrected chi connectivity index (χ3v) is 5.25. The van der Waals surface area contributed by atoms with Crippen LogP contribution >= 0.6 is 0 Å². The number of hydrogen-bond donors (Lipinski definition) is 1. The zero-order valence-corrected chi connectivity index (χ0v) is 14.4. The van der Waals surface area contributed by atoms with Gasteiger partial charge in [0.05, 0.1) is 0 Å². The molecule has 1 fully saturated rings. The van der Waals surface area contributed by atoms with Gasteiger partial charge in [-0.3, -0.25) is 4.79 Å². The predicted octanol–water partition coefficient (Wildman–Crippen LogP) is 4.90. The lowest BCUT2D eigenvalue weighted by molar-refractivity contribution is -0.122. The lowest BCUT2D eigenvalue weighted by Crippen LogP contribution is -2.41. The van der Waals surface area contributed by atoms with Gasteiger partial charge in [-0.15, -0.1) is 0 Å². The highest BCUT2D eigenvalue weighted by molar-refractivity contribution is 5.78. The van der Waals surface area contributed by atoms with E-state index in [-0.39, 0.29) is 11.8 Å². The Kier molecular flexibility index (Phi) is 5.68. The fourth-order valence-electron chi connectivity index (χ4n) is 3.78. The summed E-state index contributed by atoms with van der Waals surface area (Å²) >= 11 is 0. The van der Waals surface area contributed by atoms with Gasteiger partial charge in [0, 0.05) is 18.4 Å². The molecule has 2 unspecified atom stereocenters. The average Bonchev–Trinajstić information content (AvgIpc) is 2.63. The Hall–Kier alpha value is -2.09. The minimum absolute atomic E-state index is 0.117. The van der Waals surface area contributed by atoms with E-state index >= 15 is 0 Å². The minimum Gasteiger partial charge on any atom is -0.353 e. The first-order valence-corrected chi connectivity index (χ1v) is 9.13. The molecule has 0 aromatic heterocycles. The van der Waals surface area contributed by atoms with E-state index < -0.39 is 0 Å². The number of rotatable bonds is 5. The maximum absolute atomic E-state index is 12.7. The fraction of sp³-hybridized carbons (Fsp3) is 0.409. The highest BCUT2D eigenvalue weighted by Gasteiger charge is 2.25. The maximum Gasteiger partial charge on any atom is 0.221 e. The molecule has 1 aliphatic carbocycles. The number of carbonyl (C=O) groups is 1. The Balaban J connectivity index is 1.73. The molecule has 126 valence electrons. The molecule has 0 radical (unpaired) electrons. The summed E-state index contributed by atoms with van der Waals surface area (Å²) in [4.78, 5) is 12.7. The van der Waals surface area contributed by atoms with Gasteiger partial charge < -0.3 is 5.32 Å². The Bertz CT molecular complexity index is 598. The van der Waals surface area contributed by atoms with E-state index in [9.17, 15) is 4.79 Å². The van der Waals surface area contributed by atoms with Crippen molar-refractivity contribution in [2.45, 2.75) is 51.0 Å².